The molecule has 3 heterocycles. The van der Waals surface area contributed by atoms with Crippen molar-refractivity contribution >= 4 is 11.9 Å². The molecule has 0 spiro atoms. The molecule has 3 aliphatic rings. The first-order valence-corrected chi connectivity index (χ1v) is 6.51. The van der Waals surface area contributed by atoms with Crippen LogP contribution in [-0.2, 0) is 23.8 Å². The third-order valence-corrected chi connectivity index (χ3v) is 4.39. The molecule has 0 aromatic rings. The minimum absolute atomic E-state index is 0.197. The zero-order chi connectivity index (χ0) is 13.8. The van der Waals surface area contributed by atoms with Gasteiger partial charge in [0.1, 0.15) is 12.2 Å². The van der Waals surface area contributed by atoms with Gasteiger partial charge in [0.05, 0.1) is 12.0 Å². The van der Waals surface area contributed by atoms with E-state index in [0.717, 1.165) is 0 Å². The first kappa shape index (κ1) is 12.4. The summed E-state index contributed by atoms with van der Waals surface area (Å²) in [5, 5.41) is 9.19. The number of carbonyl (C=O) groups is 2. The predicted octanol–water partition coefficient (Wildman–Crippen LogP) is 0.551. The van der Waals surface area contributed by atoms with Crippen LogP contribution in [0.25, 0.3) is 0 Å². The van der Waals surface area contributed by atoms with E-state index in [0.29, 0.717) is 6.42 Å². The smallest absolute Gasteiger partial charge is 0.329 e. The number of nitriles is 1. The van der Waals surface area contributed by atoms with E-state index in [9.17, 15) is 14.9 Å². The minimum atomic E-state index is -1.19. The molecule has 19 heavy (non-hydrogen) atoms. The van der Waals surface area contributed by atoms with E-state index in [1.807, 2.05) is 13.0 Å². The van der Waals surface area contributed by atoms with Gasteiger partial charge in [-0.25, -0.2) is 0 Å². The number of rotatable bonds is 3. The molecule has 3 rings (SSSR count). The second-order valence-corrected chi connectivity index (χ2v) is 5.46. The summed E-state index contributed by atoms with van der Waals surface area (Å²) in [4.78, 5) is 23.6. The molecule has 6 unspecified atom stereocenters. The largest absolute Gasteiger partial charge is 0.455 e. The van der Waals surface area contributed by atoms with Crippen molar-refractivity contribution in [1.82, 2.24) is 0 Å². The van der Waals surface area contributed by atoms with Gasteiger partial charge in [0.2, 0.25) is 0 Å². The second-order valence-electron chi connectivity index (χ2n) is 5.46. The Labute approximate surface area is 110 Å². The van der Waals surface area contributed by atoms with Gasteiger partial charge in [0, 0.05) is 6.42 Å². The Kier molecular flexibility index (Phi) is 2.58. The summed E-state index contributed by atoms with van der Waals surface area (Å²) in [6, 6.07) is 2.02. The number of nitrogens with zero attached hydrogens (tertiary/aromatic N) is 1. The Morgan fingerprint density at radius 3 is 3.05 bits per heavy atom. The predicted molar refractivity (Wildman–Crippen MR) is 60.5 cm³/mol. The Hall–Kier alpha value is -1.61. The number of ether oxygens (including phenoxy) is 3. The Balaban J connectivity index is 1.78. The van der Waals surface area contributed by atoms with Crippen molar-refractivity contribution in [2.45, 2.75) is 51.1 Å². The Bertz CT molecular complexity index is 484. The fraction of sp³-hybridized carbons (Fsp3) is 0.769. The van der Waals surface area contributed by atoms with Gasteiger partial charge in [-0.15, -0.1) is 0 Å². The Morgan fingerprint density at radius 2 is 2.42 bits per heavy atom. The second kappa shape index (κ2) is 3.94. The van der Waals surface area contributed by atoms with E-state index in [1.54, 1.807) is 6.92 Å². The summed E-state index contributed by atoms with van der Waals surface area (Å²) in [5.74, 6) is -1.05. The van der Waals surface area contributed by atoms with Crippen molar-refractivity contribution in [3.8, 4) is 6.07 Å². The summed E-state index contributed by atoms with van der Waals surface area (Å²) in [5.41, 5.74) is -1.19. The lowest BCUT2D eigenvalue weighted by molar-refractivity contribution is -0.164. The lowest BCUT2D eigenvalue weighted by Crippen LogP contribution is -2.44. The molecule has 102 valence electrons. The highest BCUT2D eigenvalue weighted by molar-refractivity contribution is 5.85. The molecule has 0 saturated carbocycles. The van der Waals surface area contributed by atoms with Gasteiger partial charge in [0.25, 0.3) is 0 Å². The van der Waals surface area contributed by atoms with Gasteiger partial charge < -0.3 is 14.2 Å². The van der Waals surface area contributed by atoms with Crippen LogP contribution >= 0.6 is 0 Å². The third kappa shape index (κ3) is 1.45. The van der Waals surface area contributed by atoms with Crippen LogP contribution in [-0.4, -0.2) is 36.4 Å². The van der Waals surface area contributed by atoms with Crippen LogP contribution in [0.3, 0.4) is 0 Å². The van der Waals surface area contributed by atoms with Crippen molar-refractivity contribution in [1.29, 1.82) is 5.26 Å². The Morgan fingerprint density at radius 1 is 1.68 bits per heavy atom. The lowest BCUT2D eigenvalue weighted by Gasteiger charge is -2.25. The van der Waals surface area contributed by atoms with Gasteiger partial charge in [-0.05, 0) is 6.42 Å². The number of hydrogen-bond donors (Lipinski definition) is 0. The van der Waals surface area contributed by atoms with Crippen molar-refractivity contribution in [3.63, 3.8) is 0 Å². The fourth-order valence-corrected chi connectivity index (χ4v) is 2.99. The molecular formula is C13H15NO5. The van der Waals surface area contributed by atoms with Gasteiger partial charge >= 0.3 is 11.9 Å². The van der Waals surface area contributed by atoms with E-state index >= 15 is 0 Å². The van der Waals surface area contributed by atoms with Crippen LogP contribution in [0.2, 0.25) is 0 Å². The van der Waals surface area contributed by atoms with Gasteiger partial charge in [-0.3, -0.25) is 9.59 Å². The third-order valence-electron chi connectivity index (χ3n) is 4.39. The number of esters is 2. The standard InChI is InChI=1S/C13H15NO5/c1-3-6(2)11(15)18-8-7-4-13(5-14)10(17-7)9(8)19-12(13)16/h6-10H,3-4H2,1-2H3. The molecule has 6 atom stereocenters. The highest BCUT2D eigenvalue weighted by atomic mass is 16.7. The number of carbonyl (C=O) groups excluding carboxylic acids is 2. The van der Waals surface area contributed by atoms with Crippen molar-refractivity contribution in [3.05, 3.63) is 0 Å². The lowest BCUT2D eigenvalue weighted by atomic mass is 9.75. The molecule has 3 saturated heterocycles. The normalized spacial score (nSPS) is 43.7. The average molecular weight is 265 g/mol. The molecule has 0 radical (unpaired) electrons. The van der Waals surface area contributed by atoms with Gasteiger partial charge in [-0.1, -0.05) is 13.8 Å². The molecule has 6 nitrogen and oxygen atoms in total. The van der Waals surface area contributed by atoms with E-state index in [2.05, 4.69) is 0 Å². The zero-order valence-electron chi connectivity index (χ0n) is 10.8. The highest BCUT2D eigenvalue weighted by Crippen LogP contribution is 2.55. The van der Waals surface area contributed by atoms with E-state index in [1.165, 1.54) is 0 Å². The summed E-state index contributed by atoms with van der Waals surface area (Å²) in [6.07, 6.45) is -1.26. The van der Waals surface area contributed by atoms with Crippen molar-refractivity contribution in [2.24, 2.45) is 11.3 Å². The van der Waals surface area contributed by atoms with Crippen LogP contribution < -0.4 is 0 Å². The molecule has 0 aliphatic carbocycles. The number of fused-ring (bicyclic) bond motifs is 1. The fourth-order valence-electron chi connectivity index (χ4n) is 2.99. The van der Waals surface area contributed by atoms with Crippen molar-refractivity contribution < 1.29 is 23.8 Å². The van der Waals surface area contributed by atoms with Crippen LogP contribution in [0.4, 0.5) is 0 Å². The van der Waals surface area contributed by atoms with E-state index in [4.69, 9.17) is 14.2 Å². The molecular weight excluding hydrogens is 250 g/mol. The van der Waals surface area contributed by atoms with Gasteiger partial charge in [0.15, 0.2) is 17.6 Å². The molecule has 2 bridgehead atoms. The maximum atomic E-state index is 11.8. The quantitative estimate of drug-likeness (QED) is 0.693. The summed E-state index contributed by atoms with van der Waals surface area (Å²) in [7, 11) is 0. The van der Waals surface area contributed by atoms with E-state index < -0.39 is 35.8 Å². The van der Waals surface area contributed by atoms with Crippen molar-refractivity contribution in [2.75, 3.05) is 0 Å². The molecule has 6 heteroatoms. The molecule has 0 aromatic carbocycles. The monoisotopic (exact) mass is 265 g/mol. The maximum Gasteiger partial charge on any atom is 0.329 e. The minimum Gasteiger partial charge on any atom is -0.455 e. The van der Waals surface area contributed by atoms with Crippen LogP contribution in [0.15, 0.2) is 0 Å². The highest BCUT2D eigenvalue weighted by Gasteiger charge is 2.74. The van der Waals surface area contributed by atoms with Crippen LogP contribution in [0.1, 0.15) is 26.7 Å². The summed E-state index contributed by atoms with van der Waals surface area (Å²) < 4.78 is 16.2. The molecule has 0 aromatic heterocycles. The molecule has 0 amide bonds. The van der Waals surface area contributed by atoms with Crippen LogP contribution in [0.5, 0.6) is 0 Å². The topological polar surface area (TPSA) is 85.6 Å². The summed E-state index contributed by atoms with van der Waals surface area (Å²) in [6.45, 7) is 3.69. The summed E-state index contributed by atoms with van der Waals surface area (Å²) >= 11 is 0. The van der Waals surface area contributed by atoms with Gasteiger partial charge in [-0.2, -0.15) is 5.26 Å². The zero-order valence-corrected chi connectivity index (χ0v) is 10.8. The average Bonchev–Trinajstić information content (AvgIpc) is 2.99. The first-order valence-electron chi connectivity index (χ1n) is 6.51. The molecule has 0 N–H and O–H groups in total. The first-order chi connectivity index (χ1) is 9.03. The molecule has 3 fully saturated rings. The van der Waals surface area contributed by atoms with Crippen LogP contribution in [0, 0.1) is 22.7 Å². The molecule has 3 aliphatic heterocycles. The van der Waals surface area contributed by atoms with E-state index in [-0.39, 0.29) is 18.3 Å². The number of hydrogen-bond acceptors (Lipinski definition) is 6. The SMILES string of the molecule is CCC(C)C(=O)OC1C2CC3(C#N)C(=O)OC1C3O2. The maximum absolute atomic E-state index is 11.8.